The van der Waals surface area contributed by atoms with Gasteiger partial charge in [0.25, 0.3) is 0 Å². The van der Waals surface area contributed by atoms with E-state index < -0.39 is 0 Å². The molecule has 1 aromatic rings. The number of amides is 1. The van der Waals surface area contributed by atoms with Gasteiger partial charge in [-0.05, 0) is 81.1 Å². The summed E-state index contributed by atoms with van der Waals surface area (Å²) in [7, 11) is 0. The highest BCUT2D eigenvalue weighted by atomic mass is 16.1. The van der Waals surface area contributed by atoms with Crippen molar-refractivity contribution in [2.75, 3.05) is 32.7 Å². The van der Waals surface area contributed by atoms with Gasteiger partial charge in [0, 0.05) is 38.1 Å². The summed E-state index contributed by atoms with van der Waals surface area (Å²) in [5, 5.41) is 3.31. The van der Waals surface area contributed by atoms with Crippen molar-refractivity contribution < 1.29 is 4.79 Å². The topological polar surface area (TPSA) is 48.5 Å². The van der Waals surface area contributed by atoms with Crippen molar-refractivity contribution in [3.63, 3.8) is 0 Å². The minimum Gasteiger partial charge on any atom is -0.355 e. The summed E-state index contributed by atoms with van der Waals surface area (Å²) in [4.78, 5) is 22.2. The van der Waals surface area contributed by atoms with Gasteiger partial charge in [-0.25, -0.2) is 0 Å². The number of likely N-dealkylation sites (tertiary alicyclic amines) is 2. The van der Waals surface area contributed by atoms with Crippen molar-refractivity contribution in [3.05, 3.63) is 30.1 Å². The molecule has 3 fully saturated rings. The number of carbonyl (C=O) groups excluding carboxylic acids is 1. The molecular formula is C24H38N4O. The van der Waals surface area contributed by atoms with Crippen molar-refractivity contribution in [1.29, 1.82) is 0 Å². The second-order valence-corrected chi connectivity index (χ2v) is 9.94. The number of rotatable bonds is 7. The van der Waals surface area contributed by atoms with Gasteiger partial charge in [-0.15, -0.1) is 0 Å². The third-order valence-corrected chi connectivity index (χ3v) is 7.76. The van der Waals surface area contributed by atoms with Crippen molar-refractivity contribution in [3.8, 4) is 0 Å². The predicted octanol–water partition coefficient (Wildman–Crippen LogP) is 3.31. The quantitative estimate of drug-likeness (QED) is 0.766. The molecule has 1 aromatic heterocycles. The Kier molecular flexibility index (Phi) is 6.55. The first-order valence-corrected chi connectivity index (χ1v) is 11.7. The highest BCUT2D eigenvalue weighted by Gasteiger charge is 2.45. The molecule has 4 rings (SSSR count). The fourth-order valence-corrected chi connectivity index (χ4v) is 5.27. The van der Waals surface area contributed by atoms with Crippen LogP contribution in [0.25, 0.3) is 0 Å². The molecule has 0 unspecified atom stereocenters. The van der Waals surface area contributed by atoms with E-state index in [2.05, 4.69) is 40.0 Å². The number of nitrogens with one attached hydrogen (secondary N) is 1. The molecular weight excluding hydrogens is 360 g/mol. The van der Waals surface area contributed by atoms with Gasteiger partial charge >= 0.3 is 0 Å². The molecule has 1 amide bonds. The molecule has 3 aliphatic rings. The van der Waals surface area contributed by atoms with Crippen LogP contribution in [0.1, 0.15) is 57.9 Å². The van der Waals surface area contributed by atoms with Gasteiger partial charge in [-0.3, -0.25) is 19.6 Å². The lowest BCUT2D eigenvalue weighted by molar-refractivity contribution is -0.127. The van der Waals surface area contributed by atoms with Crippen LogP contribution in [0.2, 0.25) is 0 Å². The van der Waals surface area contributed by atoms with Crippen LogP contribution < -0.4 is 5.32 Å². The second-order valence-electron chi connectivity index (χ2n) is 9.94. The Balaban J connectivity index is 1.22. The summed E-state index contributed by atoms with van der Waals surface area (Å²) in [6.45, 7) is 10.9. The zero-order valence-corrected chi connectivity index (χ0v) is 18.3. The second kappa shape index (κ2) is 9.13. The van der Waals surface area contributed by atoms with Crippen LogP contribution in [0.4, 0.5) is 0 Å². The molecule has 160 valence electrons. The number of carbonyl (C=O) groups is 1. The molecule has 2 aliphatic heterocycles. The fraction of sp³-hybridized carbons (Fsp3) is 0.750. The van der Waals surface area contributed by atoms with Gasteiger partial charge in [-0.2, -0.15) is 0 Å². The lowest BCUT2D eigenvalue weighted by atomic mass is 9.91. The van der Waals surface area contributed by atoms with Crippen LogP contribution in [0.3, 0.4) is 0 Å². The van der Waals surface area contributed by atoms with Gasteiger partial charge in [0.1, 0.15) is 0 Å². The normalized spacial score (nSPS) is 25.8. The molecule has 0 aromatic carbocycles. The lowest BCUT2D eigenvalue weighted by Gasteiger charge is -2.42. The minimum absolute atomic E-state index is 0.181. The molecule has 0 spiro atoms. The maximum absolute atomic E-state index is 12.8. The van der Waals surface area contributed by atoms with E-state index in [0.29, 0.717) is 23.3 Å². The van der Waals surface area contributed by atoms with Crippen molar-refractivity contribution in [2.24, 2.45) is 17.3 Å². The zero-order chi connectivity index (χ0) is 20.3. The number of pyridine rings is 1. The first-order chi connectivity index (χ1) is 14.1. The molecule has 1 aliphatic carbocycles. The van der Waals surface area contributed by atoms with Gasteiger partial charge in [0.2, 0.25) is 5.91 Å². The van der Waals surface area contributed by atoms with Gasteiger partial charge in [0.15, 0.2) is 0 Å². The molecule has 1 saturated carbocycles. The lowest BCUT2D eigenvalue weighted by Crippen LogP contribution is -2.51. The van der Waals surface area contributed by atoms with E-state index in [-0.39, 0.29) is 5.92 Å². The summed E-state index contributed by atoms with van der Waals surface area (Å²) in [6.07, 6.45) is 11.0. The van der Waals surface area contributed by atoms with E-state index >= 15 is 0 Å². The Labute approximate surface area is 176 Å². The highest BCUT2D eigenvalue weighted by molar-refractivity contribution is 5.79. The van der Waals surface area contributed by atoms with Crippen molar-refractivity contribution >= 4 is 5.91 Å². The van der Waals surface area contributed by atoms with E-state index in [0.717, 1.165) is 52.1 Å². The Bertz CT molecular complexity index is 665. The molecule has 5 heteroatoms. The maximum Gasteiger partial charge on any atom is 0.224 e. The van der Waals surface area contributed by atoms with Crippen molar-refractivity contribution in [2.45, 2.75) is 65.0 Å². The third-order valence-electron chi connectivity index (χ3n) is 7.76. The van der Waals surface area contributed by atoms with E-state index in [1.54, 1.807) is 0 Å². The molecule has 0 radical (unpaired) electrons. The number of aromatic nitrogens is 1. The van der Waals surface area contributed by atoms with E-state index in [1.807, 2.05) is 18.5 Å². The summed E-state index contributed by atoms with van der Waals surface area (Å²) in [6, 6.07) is 4.83. The van der Waals surface area contributed by atoms with Gasteiger partial charge in [0.05, 0.1) is 5.92 Å². The van der Waals surface area contributed by atoms with Crippen LogP contribution in [-0.4, -0.2) is 59.5 Å². The average molecular weight is 399 g/mol. The minimum atomic E-state index is 0.181. The molecule has 5 nitrogen and oxygen atoms in total. The first kappa shape index (κ1) is 20.8. The molecule has 1 atom stereocenters. The number of hydrogen-bond acceptors (Lipinski definition) is 4. The van der Waals surface area contributed by atoms with Crippen LogP contribution >= 0.6 is 0 Å². The van der Waals surface area contributed by atoms with Gasteiger partial charge in [-0.1, -0.05) is 19.9 Å². The highest BCUT2D eigenvalue weighted by Crippen LogP contribution is 2.51. The Morgan fingerprint density at radius 3 is 2.69 bits per heavy atom. The average Bonchev–Trinajstić information content (AvgIpc) is 3.55. The van der Waals surface area contributed by atoms with Crippen LogP contribution in [0.5, 0.6) is 0 Å². The zero-order valence-electron chi connectivity index (χ0n) is 18.3. The molecule has 2 saturated heterocycles. The van der Waals surface area contributed by atoms with Gasteiger partial charge < -0.3 is 5.32 Å². The predicted molar refractivity (Wildman–Crippen MR) is 116 cm³/mol. The van der Waals surface area contributed by atoms with Crippen molar-refractivity contribution in [1.82, 2.24) is 20.1 Å². The summed E-state index contributed by atoms with van der Waals surface area (Å²) in [5.41, 5.74) is 1.70. The van der Waals surface area contributed by atoms with Crippen LogP contribution in [0.15, 0.2) is 24.5 Å². The largest absolute Gasteiger partial charge is 0.355 e. The summed E-state index contributed by atoms with van der Waals surface area (Å²) in [5.74, 6) is 1.15. The number of nitrogens with zero attached hydrogens (tertiary/aromatic N) is 3. The summed E-state index contributed by atoms with van der Waals surface area (Å²) >= 11 is 0. The molecule has 0 bridgehead atoms. The Hall–Kier alpha value is -1.46. The standard InChI is InChI=1S/C24H38N4O/c1-19(2)24(9-10-24)18-26-23(29)21-6-4-12-28(17-21)22-7-13-27(14-8-22)16-20-5-3-11-25-15-20/h3,5,11,15,19,21-22H,4,6-10,12-14,16-18H2,1-2H3,(H,26,29)/t21-/m1/s1. The SMILES string of the molecule is CC(C)C1(CNC(=O)[C@@H]2CCCN(C3CCN(Cc4cccnc4)CC3)C2)CC1. The van der Waals surface area contributed by atoms with Crippen LogP contribution in [-0.2, 0) is 11.3 Å². The van der Waals surface area contributed by atoms with E-state index in [1.165, 1.54) is 31.2 Å². The molecule has 29 heavy (non-hydrogen) atoms. The van der Waals surface area contributed by atoms with E-state index in [9.17, 15) is 4.79 Å². The molecule has 3 heterocycles. The monoisotopic (exact) mass is 398 g/mol. The molecule has 1 N–H and O–H groups in total. The smallest absolute Gasteiger partial charge is 0.224 e. The first-order valence-electron chi connectivity index (χ1n) is 11.7. The fourth-order valence-electron chi connectivity index (χ4n) is 5.27. The Morgan fingerprint density at radius 1 is 1.24 bits per heavy atom. The maximum atomic E-state index is 12.8. The van der Waals surface area contributed by atoms with Crippen LogP contribution in [0, 0.1) is 17.3 Å². The third kappa shape index (κ3) is 5.18. The summed E-state index contributed by atoms with van der Waals surface area (Å²) < 4.78 is 0. The van der Waals surface area contributed by atoms with E-state index in [4.69, 9.17) is 0 Å². The number of hydrogen-bond donors (Lipinski definition) is 1. The number of piperidine rings is 2. The Morgan fingerprint density at radius 2 is 2.03 bits per heavy atom.